The molecule has 0 radical (unpaired) electrons. The minimum Gasteiger partial charge on any atom is -0.507 e. The van der Waals surface area contributed by atoms with E-state index >= 15 is 0 Å². The number of benzene rings is 2. The Morgan fingerprint density at radius 3 is 2.55 bits per heavy atom. The fourth-order valence-corrected chi connectivity index (χ4v) is 3.48. The maximum Gasteiger partial charge on any atom is 0.330 e. The van der Waals surface area contributed by atoms with E-state index in [1.807, 2.05) is 27.7 Å². The largest absolute Gasteiger partial charge is 0.507 e. The normalized spacial score (nSPS) is 18.3. The molecule has 1 aliphatic heterocycles. The van der Waals surface area contributed by atoms with Crippen molar-refractivity contribution in [2.75, 3.05) is 6.61 Å². The van der Waals surface area contributed by atoms with E-state index in [0.717, 1.165) is 34.4 Å². The summed E-state index contributed by atoms with van der Waals surface area (Å²) < 4.78 is 11.6. The molecule has 1 atom stereocenters. The zero-order valence-electron chi connectivity index (χ0n) is 17.1. The number of esters is 1. The van der Waals surface area contributed by atoms with Crippen molar-refractivity contribution in [2.24, 2.45) is 0 Å². The van der Waals surface area contributed by atoms with E-state index in [9.17, 15) is 20.1 Å². The number of carbonyl (C=O) groups is 1. The molecule has 0 saturated heterocycles. The van der Waals surface area contributed by atoms with Crippen molar-refractivity contribution in [3.05, 3.63) is 52.1 Å². The Morgan fingerprint density at radius 1 is 1.14 bits per heavy atom. The molecule has 1 heterocycles. The van der Waals surface area contributed by atoms with E-state index in [1.165, 1.54) is 24.3 Å². The van der Waals surface area contributed by atoms with Gasteiger partial charge in [0.25, 0.3) is 0 Å². The van der Waals surface area contributed by atoms with Crippen LogP contribution in [0, 0.1) is 20.8 Å². The molecule has 154 valence electrons. The fraction of sp³-hybridized carbons (Fsp3) is 0.348. The molecule has 1 unspecified atom stereocenters. The topological polar surface area (TPSA) is 96.2 Å². The second-order valence-electron chi connectivity index (χ2n) is 7.77. The quantitative estimate of drug-likeness (QED) is 0.408. The van der Waals surface area contributed by atoms with Crippen molar-refractivity contribution in [1.29, 1.82) is 0 Å². The average Bonchev–Trinajstić information content (AvgIpc) is 2.70. The average molecular weight is 398 g/mol. The van der Waals surface area contributed by atoms with Gasteiger partial charge in [0.05, 0.1) is 0 Å². The lowest BCUT2D eigenvalue weighted by molar-refractivity contribution is -0.144. The van der Waals surface area contributed by atoms with Gasteiger partial charge >= 0.3 is 5.97 Å². The van der Waals surface area contributed by atoms with Gasteiger partial charge in [-0.3, -0.25) is 0 Å². The van der Waals surface area contributed by atoms with Crippen LogP contribution in [0.5, 0.6) is 23.0 Å². The number of phenols is 3. The molecule has 0 aromatic heterocycles. The number of phenolic OH excluding ortho intramolecular Hbond substituents is 3. The lowest BCUT2D eigenvalue weighted by atomic mass is 9.87. The van der Waals surface area contributed by atoms with Crippen LogP contribution in [0.4, 0.5) is 0 Å². The van der Waals surface area contributed by atoms with Crippen molar-refractivity contribution >= 4 is 12.0 Å². The predicted molar refractivity (Wildman–Crippen MR) is 109 cm³/mol. The minimum atomic E-state index is -0.659. The lowest BCUT2D eigenvalue weighted by Crippen LogP contribution is -2.42. The molecule has 0 bridgehead atoms. The van der Waals surface area contributed by atoms with Crippen LogP contribution in [-0.4, -0.2) is 33.5 Å². The third kappa shape index (κ3) is 4.16. The second-order valence-corrected chi connectivity index (χ2v) is 7.77. The highest BCUT2D eigenvalue weighted by atomic mass is 16.6. The molecule has 0 spiro atoms. The summed E-state index contributed by atoms with van der Waals surface area (Å²) in [6.07, 6.45) is 4.15. The lowest BCUT2D eigenvalue weighted by Gasteiger charge is -2.37. The first-order valence-corrected chi connectivity index (χ1v) is 9.49. The number of aromatic hydroxyl groups is 3. The van der Waals surface area contributed by atoms with E-state index in [0.29, 0.717) is 17.7 Å². The maximum atomic E-state index is 12.1. The molecule has 0 amide bonds. The van der Waals surface area contributed by atoms with E-state index in [1.54, 1.807) is 6.07 Å². The Balaban J connectivity index is 1.67. The zero-order valence-corrected chi connectivity index (χ0v) is 17.1. The Hall–Kier alpha value is -3.15. The van der Waals surface area contributed by atoms with Crippen LogP contribution >= 0.6 is 0 Å². The molecule has 3 rings (SSSR count). The number of hydrogen-bond acceptors (Lipinski definition) is 6. The van der Waals surface area contributed by atoms with Gasteiger partial charge in [-0.2, -0.15) is 0 Å². The van der Waals surface area contributed by atoms with Gasteiger partial charge in [-0.05, 0) is 81.0 Å². The maximum absolute atomic E-state index is 12.1. The van der Waals surface area contributed by atoms with Crippen LogP contribution in [0.25, 0.3) is 6.08 Å². The Bertz CT molecular complexity index is 992. The van der Waals surface area contributed by atoms with Gasteiger partial charge in [0.2, 0.25) is 0 Å². The van der Waals surface area contributed by atoms with Crippen LogP contribution in [0.2, 0.25) is 0 Å². The monoisotopic (exact) mass is 398 g/mol. The molecular weight excluding hydrogens is 372 g/mol. The van der Waals surface area contributed by atoms with Gasteiger partial charge in [-0.25, -0.2) is 4.79 Å². The Kier molecular flexibility index (Phi) is 5.46. The van der Waals surface area contributed by atoms with Crippen molar-refractivity contribution in [1.82, 2.24) is 0 Å². The molecule has 1 aliphatic rings. The third-order valence-corrected chi connectivity index (χ3v) is 5.52. The van der Waals surface area contributed by atoms with Crippen LogP contribution in [0.15, 0.2) is 24.3 Å². The third-order valence-electron chi connectivity index (χ3n) is 5.52. The summed E-state index contributed by atoms with van der Waals surface area (Å²) in [5.74, 6) is 0.0710. The van der Waals surface area contributed by atoms with E-state index in [4.69, 9.17) is 9.47 Å². The molecule has 0 aliphatic carbocycles. The highest BCUT2D eigenvalue weighted by Crippen LogP contribution is 2.43. The van der Waals surface area contributed by atoms with Gasteiger partial charge in [0.15, 0.2) is 11.5 Å². The first-order chi connectivity index (χ1) is 13.6. The molecule has 2 aromatic carbocycles. The summed E-state index contributed by atoms with van der Waals surface area (Å²) in [5, 5.41) is 29.1. The van der Waals surface area contributed by atoms with Gasteiger partial charge in [-0.1, -0.05) is 6.07 Å². The zero-order chi connectivity index (χ0) is 21.3. The van der Waals surface area contributed by atoms with Crippen molar-refractivity contribution in [3.8, 4) is 23.0 Å². The molecule has 0 saturated carbocycles. The Labute approximate surface area is 170 Å². The van der Waals surface area contributed by atoms with E-state index < -0.39 is 11.6 Å². The van der Waals surface area contributed by atoms with Crippen molar-refractivity contribution in [2.45, 2.75) is 46.1 Å². The predicted octanol–water partition coefficient (Wildman–Crippen LogP) is 4.07. The molecular formula is C23H26O6. The van der Waals surface area contributed by atoms with Crippen molar-refractivity contribution < 1.29 is 29.6 Å². The van der Waals surface area contributed by atoms with Gasteiger partial charge in [-0.15, -0.1) is 0 Å². The summed E-state index contributed by atoms with van der Waals surface area (Å²) in [6.45, 7) is 7.66. The molecule has 2 aromatic rings. The fourth-order valence-electron chi connectivity index (χ4n) is 3.48. The molecule has 0 fully saturated rings. The summed E-state index contributed by atoms with van der Waals surface area (Å²) >= 11 is 0. The minimum absolute atomic E-state index is 0.0921. The first kappa shape index (κ1) is 20.6. The van der Waals surface area contributed by atoms with Crippen LogP contribution < -0.4 is 4.74 Å². The number of ether oxygens (including phenoxy) is 2. The van der Waals surface area contributed by atoms with Gasteiger partial charge in [0, 0.05) is 11.6 Å². The molecule has 6 nitrogen and oxygen atoms in total. The number of rotatable bonds is 4. The van der Waals surface area contributed by atoms with Crippen LogP contribution in [0.3, 0.4) is 0 Å². The second kappa shape index (κ2) is 7.70. The van der Waals surface area contributed by atoms with Gasteiger partial charge in [0.1, 0.15) is 23.7 Å². The number of hydrogen-bond donors (Lipinski definition) is 3. The van der Waals surface area contributed by atoms with Gasteiger partial charge < -0.3 is 24.8 Å². The Morgan fingerprint density at radius 2 is 1.86 bits per heavy atom. The van der Waals surface area contributed by atoms with E-state index in [2.05, 4.69) is 0 Å². The smallest absolute Gasteiger partial charge is 0.330 e. The molecule has 6 heteroatoms. The first-order valence-electron chi connectivity index (χ1n) is 9.49. The summed E-state index contributed by atoms with van der Waals surface area (Å²) in [4.78, 5) is 12.1. The molecule has 3 N–H and O–H groups in total. The van der Waals surface area contributed by atoms with E-state index in [-0.39, 0.29) is 18.1 Å². The highest BCUT2D eigenvalue weighted by Gasteiger charge is 2.35. The van der Waals surface area contributed by atoms with Crippen molar-refractivity contribution in [3.63, 3.8) is 0 Å². The molecule has 29 heavy (non-hydrogen) atoms. The standard InChI is InChI=1S/C23H26O6/c1-13-14(2)22-17(15(3)21(13)27)9-10-23(4,29-22)12-28-20(26)8-6-16-5-7-18(24)19(25)11-16/h5-8,11,24-25,27H,9-10,12H2,1-4H3/b8-6+. The highest BCUT2D eigenvalue weighted by molar-refractivity contribution is 5.87. The summed E-state index contributed by atoms with van der Waals surface area (Å²) in [7, 11) is 0. The summed E-state index contributed by atoms with van der Waals surface area (Å²) in [5.41, 5.74) is 3.43. The number of fused-ring (bicyclic) bond motifs is 1. The number of carbonyl (C=O) groups excluding carboxylic acids is 1. The van der Waals surface area contributed by atoms with Crippen LogP contribution in [0.1, 0.15) is 41.2 Å². The summed E-state index contributed by atoms with van der Waals surface area (Å²) in [6, 6.07) is 4.27. The SMILES string of the molecule is Cc1c(C)c2c(c(C)c1O)CCC(C)(COC(=O)/C=C/c1ccc(O)c(O)c1)O2. The van der Waals surface area contributed by atoms with Crippen LogP contribution in [-0.2, 0) is 16.0 Å².